The molecular weight excluding hydrogens is 232 g/mol. The third-order valence-electron chi connectivity index (χ3n) is 2.43. The summed E-state index contributed by atoms with van der Waals surface area (Å²) >= 11 is 4.09. The molecule has 0 saturated heterocycles. The second kappa shape index (κ2) is 16.2. The van der Waals surface area contributed by atoms with Crippen LogP contribution in [0, 0.1) is 0 Å². The average molecular weight is 262 g/mol. The number of hydrogen-bond acceptors (Lipinski definition) is 5. The lowest BCUT2D eigenvalue weighted by Crippen LogP contribution is -2.30. The van der Waals surface area contributed by atoms with Gasteiger partial charge in [0.15, 0.2) is 0 Å². The molecule has 17 heavy (non-hydrogen) atoms. The first-order valence-corrected chi connectivity index (χ1v) is 7.48. The average Bonchev–Trinajstić information content (AvgIpc) is 2.35. The van der Waals surface area contributed by atoms with Gasteiger partial charge in [0.05, 0.1) is 0 Å². The van der Waals surface area contributed by atoms with Crippen LogP contribution in [0.25, 0.3) is 0 Å². The van der Waals surface area contributed by atoms with Crippen LogP contribution in [0.2, 0.25) is 0 Å². The minimum absolute atomic E-state index is 0.771. The van der Waals surface area contributed by atoms with Gasteiger partial charge in [-0.1, -0.05) is 6.92 Å². The van der Waals surface area contributed by atoms with Gasteiger partial charge in [-0.3, -0.25) is 0 Å². The summed E-state index contributed by atoms with van der Waals surface area (Å²) in [5.74, 6) is 0.771. The summed E-state index contributed by atoms with van der Waals surface area (Å²) in [6.07, 6.45) is 3.60. The Labute approximate surface area is 112 Å². The van der Waals surface area contributed by atoms with Crippen LogP contribution in [0.1, 0.15) is 26.2 Å². The maximum absolute atomic E-state index is 4.09. The zero-order valence-corrected chi connectivity index (χ0v) is 12.1. The van der Waals surface area contributed by atoms with Crippen LogP contribution < -0.4 is 21.3 Å². The molecule has 0 aliphatic heterocycles. The third kappa shape index (κ3) is 16.2. The molecule has 4 nitrogen and oxygen atoms in total. The molecule has 0 aromatic rings. The highest BCUT2D eigenvalue weighted by Crippen LogP contribution is 1.76. The van der Waals surface area contributed by atoms with Gasteiger partial charge in [0.2, 0.25) is 0 Å². The highest BCUT2D eigenvalue weighted by atomic mass is 32.1. The Morgan fingerprint density at radius 3 is 1.59 bits per heavy atom. The maximum Gasteiger partial charge on any atom is 0.0387 e. The van der Waals surface area contributed by atoms with E-state index in [0.29, 0.717) is 0 Å². The molecule has 0 aromatic carbocycles. The lowest BCUT2D eigenvalue weighted by atomic mass is 10.4. The fraction of sp³-hybridized carbons (Fsp3) is 1.00. The first kappa shape index (κ1) is 17.2. The van der Waals surface area contributed by atoms with Gasteiger partial charge in [-0.15, -0.1) is 0 Å². The second-order valence-electron chi connectivity index (χ2n) is 4.12. The fourth-order valence-electron chi connectivity index (χ4n) is 1.48. The van der Waals surface area contributed by atoms with Gasteiger partial charge in [0.25, 0.3) is 0 Å². The van der Waals surface area contributed by atoms with Crippen LogP contribution in [0.15, 0.2) is 0 Å². The Kier molecular flexibility index (Phi) is 16.4. The van der Waals surface area contributed by atoms with Gasteiger partial charge in [-0.2, -0.15) is 12.6 Å². The zero-order valence-electron chi connectivity index (χ0n) is 11.2. The molecular formula is C12H30N4S. The molecule has 0 radical (unpaired) electrons. The lowest BCUT2D eigenvalue weighted by molar-refractivity contribution is 0.561. The standard InChI is InChI=1S/C12H30N4S/c1-2-5-13-6-3-7-14-10-11-15-8-4-9-16-12-17/h13-17H,2-12H2,1H3. The van der Waals surface area contributed by atoms with Crippen LogP contribution in [-0.2, 0) is 0 Å². The van der Waals surface area contributed by atoms with Crippen molar-refractivity contribution in [2.24, 2.45) is 0 Å². The van der Waals surface area contributed by atoms with Crippen molar-refractivity contribution in [3.05, 3.63) is 0 Å². The minimum Gasteiger partial charge on any atom is -0.317 e. The van der Waals surface area contributed by atoms with Crippen LogP contribution in [0.3, 0.4) is 0 Å². The lowest BCUT2D eigenvalue weighted by Gasteiger charge is -2.07. The number of thiol groups is 1. The normalized spacial score (nSPS) is 10.9. The summed E-state index contributed by atoms with van der Waals surface area (Å²) in [5.41, 5.74) is 0. The first-order chi connectivity index (χ1) is 8.41. The molecule has 0 fully saturated rings. The van der Waals surface area contributed by atoms with E-state index in [9.17, 15) is 0 Å². The molecule has 0 spiro atoms. The van der Waals surface area contributed by atoms with Crippen molar-refractivity contribution in [2.45, 2.75) is 26.2 Å². The summed E-state index contributed by atoms with van der Waals surface area (Å²) in [4.78, 5) is 0. The summed E-state index contributed by atoms with van der Waals surface area (Å²) in [7, 11) is 0. The van der Waals surface area contributed by atoms with E-state index in [4.69, 9.17) is 0 Å². The van der Waals surface area contributed by atoms with E-state index >= 15 is 0 Å². The van der Waals surface area contributed by atoms with Crippen molar-refractivity contribution in [3.8, 4) is 0 Å². The van der Waals surface area contributed by atoms with E-state index in [1.54, 1.807) is 0 Å². The summed E-state index contributed by atoms with van der Waals surface area (Å²) in [6.45, 7) is 9.83. The summed E-state index contributed by atoms with van der Waals surface area (Å²) in [5, 5.41) is 13.4. The van der Waals surface area contributed by atoms with Crippen LogP contribution >= 0.6 is 12.6 Å². The minimum atomic E-state index is 0.771. The molecule has 0 atom stereocenters. The van der Waals surface area contributed by atoms with Gasteiger partial charge >= 0.3 is 0 Å². The van der Waals surface area contributed by atoms with Crippen molar-refractivity contribution in [2.75, 3.05) is 51.7 Å². The Morgan fingerprint density at radius 1 is 0.647 bits per heavy atom. The van der Waals surface area contributed by atoms with Crippen LogP contribution in [-0.4, -0.2) is 51.7 Å². The molecule has 0 bridgehead atoms. The molecule has 5 heteroatoms. The number of rotatable bonds is 14. The van der Waals surface area contributed by atoms with Gasteiger partial charge in [-0.05, 0) is 52.0 Å². The summed E-state index contributed by atoms with van der Waals surface area (Å²) in [6, 6.07) is 0. The molecule has 0 rings (SSSR count). The van der Waals surface area contributed by atoms with Gasteiger partial charge < -0.3 is 21.3 Å². The van der Waals surface area contributed by atoms with Gasteiger partial charge in [-0.25, -0.2) is 0 Å². The Balaban J connectivity index is 2.85. The Morgan fingerprint density at radius 2 is 1.12 bits per heavy atom. The van der Waals surface area contributed by atoms with E-state index in [0.717, 1.165) is 51.7 Å². The second-order valence-corrected chi connectivity index (χ2v) is 4.43. The van der Waals surface area contributed by atoms with Gasteiger partial charge in [0, 0.05) is 19.0 Å². The van der Waals surface area contributed by atoms with E-state index in [1.807, 2.05) is 0 Å². The highest BCUT2D eigenvalue weighted by molar-refractivity contribution is 7.80. The van der Waals surface area contributed by atoms with Crippen molar-refractivity contribution >= 4 is 12.6 Å². The Bertz CT molecular complexity index is 122. The van der Waals surface area contributed by atoms with Crippen LogP contribution in [0.4, 0.5) is 0 Å². The molecule has 0 aliphatic rings. The maximum atomic E-state index is 4.09. The van der Waals surface area contributed by atoms with Crippen LogP contribution in [0.5, 0.6) is 0 Å². The molecule has 0 aromatic heterocycles. The molecule has 0 aliphatic carbocycles. The van der Waals surface area contributed by atoms with E-state index in [-0.39, 0.29) is 0 Å². The molecule has 0 unspecified atom stereocenters. The predicted molar refractivity (Wildman–Crippen MR) is 80.0 cm³/mol. The molecule has 0 amide bonds. The third-order valence-corrected chi connectivity index (χ3v) is 2.65. The van der Waals surface area contributed by atoms with Gasteiger partial charge in [0.1, 0.15) is 0 Å². The SMILES string of the molecule is CCCNCCCNCCNCCCNCS. The van der Waals surface area contributed by atoms with Crippen molar-refractivity contribution in [1.29, 1.82) is 0 Å². The molecule has 0 heterocycles. The summed E-state index contributed by atoms with van der Waals surface area (Å²) < 4.78 is 0. The van der Waals surface area contributed by atoms with E-state index in [2.05, 4.69) is 40.8 Å². The predicted octanol–water partition coefficient (Wildman–Crippen LogP) is 0.422. The Hall–Kier alpha value is 0.190. The topological polar surface area (TPSA) is 48.1 Å². The zero-order chi connectivity index (χ0) is 12.6. The highest BCUT2D eigenvalue weighted by Gasteiger charge is 1.90. The monoisotopic (exact) mass is 262 g/mol. The number of nitrogens with one attached hydrogen (secondary N) is 4. The molecule has 4 N–H and O–H groups in total. The fourth-order valence-corrected chi connectivity index (χ4v) is 1.64. The largest absolute Gasteiger partial charge is 0.317 e. The van der Waals surface area contributed by atoms with Crippen molar-refractivity contribution in [3.63, 3.8) is 0 Å². The van der Waals surface area contributed by atoms with E-state index < -0.39 is 0 Å². The first-order valence-electron chi connectivity index (χ1n) is 6.85. The molecule has 104 valence electrons. The smallest absolute Gasteiger partial charge is 0.0387 e. The number of hydrogen-bond donors (Lipinski definition) is 5. The van der Waals surface area contributed by atoms with Crippen molar-refractivity contribution in [1.82, 2.24) is 21.3 Å². The van der Waals surface area contributed by atoms with E-state index in [1.165, 1.54) is 19.3 Å². The quantitative estimate of drug-likeness (QED) is 0.179. The van der Waals surface area contributed by atoms with Crippen molar-refractivity contribution < 1.29 is 0 Å². The molecule has 0 saturated carbocycles.